The van der Waals surface area contributed by atoms with Gasteiger partial charge < -0.3 is 18.8 Å². The summed E-state index contributed by atoms with van der Waals surface area (Å²) in [6.07, 6.45) is 3.15. The molecule has 0 unspecified atom stereocenters. The molecule has 164 valence electrons. The molecular weight excluding hydrogens is 414 g/mol. The van der Waals surface area contributed by atoms with Crippen LogP contribution < -0.4 is 14.2 Å². The minimum atomic E-state index is 0.229. The van der Waals surface area contributed by atoms with Crippen LogP contribution in [0.3, 0.4) is 0 Å². The van der Waals surface area contributed by atoms with E-state index in [0.29, 0.717) is 6.54 Å². The average Bonchev–Trinajstić information content (AvgIpc) is 3.50. The van der Waals surface area contributed by atoms with Crippen molar-refractivity contribution in [1.82, 2.24) is 14.8 Å². The van der Waals surface area contributed by atoms with Crippen molar-refractivity contribution in [3.8, 4) is 39.8 Å². The van der Waals surface area contributed by atoms with E-state index in [1.54, 1.807) is 7.11 Å². The summed E-state index contributed by atoms with van der Waals surface area (Å²) in [5.74, 6) is 2.32. The Morgan fingerprint density at radius 1 is 0.909 bits per heavy atom. The van der Waals surface area contributed by atoms with E-state index in [1.165, 1.54) is 5.56 Å². The van der Waals surface area contributed by atoms with Gasteiger partial charge in [0.25, 0.3) is 0 Å². The van der Waals surface area contributed by atoms with Gasteiger partial charge in [-0.3, -0.25) is 0 Å². The van der Waals surface area contributed by atoms with E-state index < -0.39 is 0 Å². The van der Waals surface area contributed by atoms with Crippen LogP contribution in [0.5, 0.6) is 17.2 Å². The molecule has 0 saturated carbocycles. The quantitative estimate of drug-likeness (QED) is 0.361. The Balaban J connectivity index is 1.55. The Bertz CT molecular complexity index is 1440. The highest BCUT2D eigenvalue weighted by Crippen LogP contribution is 2.42. The van der Waals surface area contributed by atoms with E-state index in [9.17, 15) is 0 Å². The molecule has 6 nitrogen and oxygen atoms in total. The van der Waals surface area contributed by atoms with Crippen molar-refractivity contribution in [2.24, 2.45) is 0 Å². The molecule has 33 heavy (non-hydrogen) atoms. The van der Waals surface area contributed by atoms with Gasteiger partial charge in [-0.25, -0.2) is 0 Å². The molecular formula is C27H23N3O3. The molecule has 0 bridgehead atoms. The summed E-state index contributed by atoms with van der Waals surface area (Å²) >= 11 is 0. The third kappa shape index (κ3) is 3.35. The maximum atomic E-state index is 5.67. The molecule has 3 aliphatic rings. The summed E-state index contributed by atoms with van der Waals surface area (Å²) in [5.41, 5.74) is 7.26. The first kappa shape index (κ1) is 19.6. The number of methoxy groups -OCH3 is 1. The molecule has 3 aromatic rings. The van der Waals surface area contributed by atoms with Crippen molar-refractivity contribution >= 4 is 10.9 Å². The summed E-state index contributed by atoms with van der Waals surface area (Å²) in [5, 5.41) is 10.2. The van der Waals surface area contributed by atoms with Crippen LogP contribution in [0.25, 0.3) is 33.4 Å². The van der Waals surface area contributed by atoms with Crippen LogP contribution in [-0.2, 0) is 13.0 Å². The largest absolute Gasteiger partial charge is 0.497 e. The second-order valence-corrected chi connectivity index (χ2v) is 8.19. The van der Waals surface area contributed by atoms with Crippen LogP contribution >= 0.6 is 0 Å². The van der Waals surface area contributed by atoms with E-state index in [2.05, 4.69) is 64.3 Å². The predicted octanol–water partition coefficient (Wildman–Crippen LogP) is 5.55. The lowest BCUT2D eigenvalue weighted by atomic mass is 10.00. The van der Waals surface area contributed by atoms with Gasteiger partial charge in [-0.05, 0) is 35.7 Å². The fraction of sp³-hybridized carbons (Fsp3) is 0.185. The third-order valence-corrected chi connectivity index (χ3v) is 6.22. The molecule has 3 heterocycles. The average molecular weight is 437 g/mol. The normalized spacial score (nSPS) is 12.5. The Morgan fingerprint density at radius 3 is 2.48 bits per heavy atom. The molecule has 0 N–H and O–H groups in total. The van der Waals surface area contributed by atoms with Gasteiger partial charge in [0.2, 0.25) is 6.79 Å². The summed E-state index contributed by atoms with van der Waals surface area (Å²) in [6.45, 7) is 3.06. The number of nitrogens with zero attached hydrogens (tertiary/aromatic N) is 3. The Labute approximate surface area is 191 Å². The number of aryl methyl sites for hydroxylation is 1. The lowest BCUT2D eigenvalue weighted by molar-refractivity contribution is 0.174. The second kappa shape index (κ2) is 7.81. The fourth-order valence-electron chi connectivity index (χ4n) is 4.43. The zero-order valence-corrected chi connectivity index (χ0v) is 18.5. The summed E-state index contributed by atoms with van der Waals surface area (Å²) in [4.78, 5) is 0. The first-order chi connectivity index (χ1) is 16.2. The Morgan fingerprint density at radius 2 is 1.70 bits per heavy atom. The van der Waals surface area contributed by atoms with Crippen molar-refractivity contribution in [1.29, 1.82) is 0 Å². The topological polar surface area (TPSA) is 58.4 Å². The van der Waals surface area contributed by atoms with Crippen LogP contribution in [0.2, 0.25) is 0 Å². The maximum Gasteiger partial charge on any atom is 0.231 e. The molecule has 0 aliphatic carbocycles. The van der Waals surface area contributed by atoms with Gasteiger partial charge in [0.1, 0.15) is 17.1 Å². The van der Waals surface area contributed by atoms with E-state index in [4.69, 9.17) is 14.2 Å². The van der Waals surface area contributed by atoms with E-state index in [0.717, 1.165) is 62.7 Å². The van der Waals surface area contributed by atoms with Gasteiger partial charge in [-0.15, -0.1) is 10.2 Å². The highest BCUT2D eigenvalue weighted by atomic mass is 16.7. The summed E-state index contributed by atoms with van der Waals surface area (Å²) in [6, 6.07) is 20.7. The third-order valence-electron chi connectivity index (χ3n) is 6.22. The Kier molecular flexibility index (Phi) is 4.64. The summed E-state index contributed by atoms with van der Waals surface area (Å²) < 4.78 is 19.0. The first-order valence-corrected chi connectivity index (χ1v) is 11.0. The minimum absolute atomic E-state index is 0.229. The highest BCUT2D eigenvalue weighted by Gasteiger charge is 2.24. The van der Waals surface area contributed by atoms with Gasteiger partial charge in [0.15, 0.2) is 11.5 Å². The SMILES string of the molecule is CCc1ccc(-c2nnc3c4cc5c(cc4n(Cc4cccc(OC)c4)cc2-3)OCO5)cc1. The van der Waals surface area contributed by atoms with Crippen LogP contribution in [-0.4, -0.2) is 28.7 Å². The lowest BCUT2D eigenvalue weighted by Crippen LogP contribution is -2.04. The molecule has 0 amide bonds. The van der Waals surface area contributed by atoms with Crippen molar-refractivity contribution in [2.75, 3.05) is 13.9 Å². The molecule has 0 atom stereocenters. The van der Waals surface area contributed by atoms with Crippen LogP contribution in [0, 0.1) is 0 Å². The van der Waals surface area contributed by atoms with Gasteiger partial charge in [-0.1, -0.05) is 43.3 Å². The number of aromatic nitrogens is 3. The van der Waals surface area contributed by atoms with Crippen molar-refractivity contribution < 1.29 is 14.2 Å². The van der Waals surface area contributed by atoms with Crippen molar-refractivity contribution in [3.05, 3.63) is 78.0 Å². The predicted molar refractivity (Wildman–Crippen MR) is 127 cm³/mol. The van der Waals surface area contributed by atoms with Crippen molar-refractivity contribution in [3.63, 3.8) is 0 Å². The van der Waals surface area contributed by atoms with Crippen LogP contribution in [0.4, 0.5) is 0 Å². The molecule has 3 aromatic carbocycles. The number of fused-ring (bicyclic) bond motifs is 4. The molecule has 0 fully saturated rings. The second-order valence-electron chi connectivity index (χ2n) is 8.19. The zero-order valence-electron chi connectivity index (χ0n) is 18.5. The number of benzene rings is 3. The highest BCUT2D eigenvalue weighted by molar-refractivity contribution is 5.99. The lowest BCUT2D eigenvalue weighted by Gasteiger charge is -2.16. The smallest absolute Gasteiger partial charge is 0.231 e. The van der Waals surface area contributed by atoms with Crippen LogP contribution in [0.1, 0.15) is 18.1 Å². The summed E-state index contributed by atoms with van der Waals surface area (Å²) in [7, 11) is 1.69. The molecule has 0 spiro atoms. The standard InChI is InChI=1S/C27H23N3O3/c1-3-17-7-9-19(10-8-17)26-22-15-30(14-18-5-4-6-20(11-18)31-2)23-13-25-24(32-16-33-25)12-21(23)27(22)29-28-26/h4-13,15H,3,14,16H2,1-2H3. The molecule has 0 radical (unpaired) electrons. The fourth-order valence-corrected chi connectivity index (χ4v) is 4.43. The zero-order chi connectivity index (χ0) is 22.4. The maximum absolute atomic E-state index is 5.67. The molecule has 6 heteroatoms. The first-order valence-electron chi connectivity index (χ1n) is 11.0. The Hall–Kier alpha value is -4.06. The van der Waals surface area contributed by atoms with Gasteiger partial charge >= 0.3 is 0 Å². The molecule has 3 aliphatic heterocycles. The number of ether oxygens (including phenoxy) is 3. The molecule has 0 saturated heterocycles. The van der Waals surface area contributed by atoms with Crippen molar-refractivity contribution in [2.45, 2.75) is 19.9 Å². The number of pyridine rings is 1. The van der Waals surface area contributed by atoms with Gasteiger partial charge in [0.05, 0.1) is 12.6 Å². The number of rotatable bonds is 5. The van der Waals surface area contributed by atoms with E-state index in [-0.39, 0.29) is 6.79 Å². The monoisotopic (exact) mass is 437 g/mol. The van der Waals surface area contributed by atoms with Crippen LogP contribution in [0.15, 0.2) is 66.9 Å². The van der Waals surface area contributed by atoms with E-state index >= 15 is 0 Å². The van der Waals surface area contributed by atoms with Gasteiger partial charge in [0, 0.05) is 35.3 Å². The minimum Gasteiger partial charge on any atom is -0.497 e. The van der Waals surface area contributed by atoms with Gasteiger partial charge in [-0.2, -0.15) is 0 Å². The number of hydrogen-bond donors (Lipinski definition) is 0. The van der Waals surface area contributed by atoms with E-state index in [1.807, 2.05) is 24.3 Å². The molecule has 0 aromatic heterocycles. The molecule has 6 rings (SSSR count). The number of hydrogen-bond acceptors (Lipinski definition) is 5.